The molecule has 0 atom stereocenters. The number of nitrogens with one attached hydrogen (secondary N) is 1. The van der Waals surface area contributed by atoms with E-state index in [1.165, 1.54) is 4.90 Å². The fourth-order valence-electron chi connectivity index (χ4n) is 2.25. The second-order valence-electron chi connectivity index (χ2n) is 4.95. The highest BCUT2D eigenvalue weighted by atomic mass is 19.4. The molecule has 114 valence electrons. The van der Waals surface area contributed by atoms with Gasteiger partial charge in [-0.15, -0.1) is 0 Å². The van der Waals surface area contributed by atoms with Crippen molar-refractivity contribution in [3.63, 3.8) is 0 Å². The van der Waals surface area contributed by atoms with Crippen molar-refractivity contribution in [1.82, 2.24) is 10.3 Å². The first-order valence-corrected chi connectivity index (χ1v) is 6.72. The van der Waals surface area contributed by atoms with Gasteiger partial charge in [-0.2, -0.15) is 13.2 Å². The number of pyridine rings is 1. The Hall–Kier alpha value is -1.30. The average molecular weight is 289 g/mol. The standard InChI is InChI=1S/C14H22F3N3/c1-5-6-20(9-14(15,16)17)13-12(8-18-4)10(2)7-11(3)19-13/h7,18H,5-6,8-9H2,1-4H3. The van der Waals surface area contributed by atoms with Crippen LogP contribution in [0.4, 0.5) is 19.0 Å². The first kappa shape index (κ1) is 16.8. The fraction of sp³-hybridized carbons (Fsp3) is 0.643. The molecule has 0 saturated carbocycles. The van der Waals surface area contributed by atoms with Crippen LogP contribution < -0.4 is 10.2 Å². The van der Waals surface area contributed by atoms with Crippen LogP contribution in [0.15, 0.2) is 6.07 Å². The van der Waals surface area contributed by atoms with Crippen molar-refractivity contribution < 1.29 is 13.2 Å². The number of aryl methyl sites for hydroxylation is 2. The first-order valence-electron chi connectivity index (χ1n) is 6.72. The van der Waals surface area contributed by atoms with Crippen molar-refractivity contribution in [2.75, 3.05) is 25.0 Å². The summed E-state index contributed by atoms with van der Waals surface area (Å²) in [6.45, 7) is 5.45. The Balaban J connectivity index is 3.23. The maximum atomic E-state index is 12.7. The molecule has 1 N–H and O–H groups in total. The largest absolute Gasteiger partial charge is 0.405 e. The second kappa shape index (κ2) is 6.92. The molecular weight excluding hydrogens is 267 g/mol. The van der Waals surface area contributed by atoms with Gasteiger partial charge in [-0.25, -0.2) is 4.98 Å². The Morgan fingerprint density at radius 2 is 1.95 bits per heavy atom. The van der Waals surface area contributed by atoms with Crippen LogP contribution in [0, 0.1) is 13.8 Å². The molecule has 20 heavy (non-hydrogen) atoms. The van der Waals surface area contributed by atoms with Gasteiger partial charge in [0.25, 0.3) is 0 Å². The zero-order valence-corrected chi connectivity index (χ0v) is 12.4. The topological polar surface area (TPSA) is 28.2 Å². The number of hydrogen-bond donors (Lipinski definition) is 1. The molecule has 1 aromatic heterocycles. The SMILES string of the molecule is CCCN(CC(F)(F)F)c1nc(C)cc(C)c1CNC. The molecule has 0 aromatic carbocycles. The number of anilines is 1. The van der Waals surface area contributed by atoms with Crippen LogP contribution in [0.1, 0.15) is 30.2 Å². The van der Waals surface area contributed by atoms with E-state index >= 15 is 0 Å². The van der Waals surface area contributed by atoms with Crippen molar-refractivity contribution in [2.24, 2.45) is 0 Å². The van der Waals surface area contributed by atoms with Crippen LogP contribution in [0.3, 0.4) is 0 Å². The molecule has 6 heteroatoms. The molecule has 0 bridgehead atoms. The molecule has 3 nitrogen and oxygen atoms in total. The van der Waals surface area contributed by atoms with Gasteiger partial charge < -0.3 is 10.2 Å². The van der Waals surface area contributed by atoms with Crippen LogP contribution in [0.5, 0.6) is 0 Å². The molecule has 0 aliphatic rings. The minimum atomic E-state index is -4.23. The van der Waals surface area contributed by atoms with Gasteiger partial charge in [-0.05, 0) is 38.9 Å². The normalized spacial score (nSPS) is 11.8. The average Bonchev–Trinajstić information content (AvgIpc) is 2.30. The van der Waals surface area contributed by atoms with E-state index in [0.29, 0.717) is 25.3 Å². The Morgan fingerprint density at radius 1 is 1.30 bits per heavy atom. The maximum Gasteiger partial charge on any atom is 0.405 e. The molecule has 0 amide bonds. The lowest BCUT2D eigenvalue weighted by molar-refractivity contribution is -0.119. The van der Waals surface area contributed by atoms with E-state index in [1.54, 1.807) is 14.0 Å². The summed E-state index contributed by atoms with van der Waals surface area (Å²) in [6.07, 6.45) is -3.59. The van der Waals surface area contributed by atoms with Gasteiger partial charge in [0.1, 0.15) is 12.4 Å². The molecule has 0 saturated heterocycles. The van der Waals surface area contributed by atoms with Crippen LogP contribution >= 0.6 is 0 Å². The lowest BCUT2D eigenvalue weighted by Gasteiger charge is -2.27. The molecular formula is C14H22F3N3. The third-order valence-electron chi connectivity index (χ3n) is 2.97. The van der Waals surface area contributed by atoms with Gasteiger partial charge in [0.2, 0.25) is 0 Å². The van der Waals surface area contributed by atoms with E-state index in [-0.39, 0.29) is 0 Å². The molecule has 0 fully saturated rings. The third kappa shape index (κ3) is 4.67. The molecule has 0 aliphatic carbocycles. The smallest absolute Gasteiger partial charge is 0.347 e. The van der Waals surface area contributed by atoms with E-state index in [4.69, 9.17) is 0 Å². The number of alkyl halides is 3. The summed E-state index contributed by atoms with van der Waals surface area (Å²) >= 11 is 0. The van der Waals surface area contributed by atoms with Crippen molar-refractivity contribution >= 4 is 5.82 Å². The second-order valence-corrected chi connectivity index (χ2v) is 4.95. The zero-order chi connectivity index (χ0) is 15.3. The number of hydrogen-bond acceptors (Lipinski definition) is 3. The van der Waals surface area contributed by atoms with Crippen molar-refractivity contribution in [2.45, 2.75) is 39.9 Å². The van der Waals surface area contributed by atoms with Gasteiger partial charge in [0.15, 0.2) is 0 Å². The Bertz CT molecular complexity index is 444. The highest BCUT2D eigenvalue weighted by Gasteiger charge is 2.32. The molecule has 1 rings (SSSR count). The predicted molar refractivity (Wildman–Crippen MR) is 75.0 cm³/mol. The molecule has 0 unspecified atom stereocenters. The summed E-state index contributed by atoms with van der Waals surface area (Å²) in [7, 11) is 1.77. The molecule has 0 aliphatic heterocycles. The Morgan fingerprint density at radius 3 is 2.45 bits per heavy atom. The van der Waals surface area contributed by atoms with Gasteiger partial charge in [0, 0.05) is 24.3 Å². The van der Waals surface area contributed by atoms with Crippen LogP contribution in [0.2, 0.25) is 0 Å². The molecule has 0 spiro atoms. The Kier molecular flexibility index (Phi) is 5.80. The van der Waals surface area contributed by atoms with E-state index in [0.717, 1.165) is 16.8 Å². The van der Waals surface area contributed by atoms with Gasteiger partial charge in [0.05, 0.1) is 0 Å². The minimum Gasteiger partial charge on any atom is -0.347 e. The molecule has 1 heterocycles. The van der Waals surface area contributed by atoms with E-state index in [9.17, 15) is 13.2 Å². The van der Waals surface area contributed by atoms with Crippen molar-refractivity contribution in [1.29, 1.82) is 0 Å². The number of halogens is 3. The van der Waals surface area contributed by atoms with Crippen LogP contribution in [-0.2, 0) is 6.54 Å². The summed E-state index contributed by atoms with van der Waals surface area (Å²) in [5, 5.41) is 3.00. The monoisotopic (exact) mass is 289 g/mol. The predicted octanol–water partition coefficient (Wildman–Crippen LogP) is 3.20. The van der Waals surface area contributed by atoms with Crippen LogP contribution in [0.25, 0.3) is 0 Å². The van der Waals surface area contributed by atoms with Crippen molar-refractivity contribution in [3.05, 3.63) is 22.9 Å². The Labute approximate surface area is 118 Å². The quantitative estimate of drug-likeness (QED) is 0.871. The summed E-state index contributed by atoms with van der Waals surface area (Å²) in [4.78, 5) is 5.67. The summed E-state index contributed by atoms with van der Waals surface area (Å²) in [6, 6.07) is 1.90. The minimum absolute atomic E-state index is 0.339. The van der Waals surface area contributed by atoms with Gasteiger partial charge in [-0.3, -0.25) is 0 Å². The molecule has 1 aromatic rings. The van der Waals surface area contributed by atoms with Gasteiger partial charge >= 0.3 is 6.18 Å². The van der Waals surface area contributed by atoms with Crippen molar-refractivity contribution in [3.8, 4) is 0 Å². The fourth-order valence-corrected chi connectivity index (χ4v) is 2.25. The lowest BCUT2D eigenvalue weighted by atomic mass is 10.1. The van der Waals surface area contributed by atoms with Crippen LogP contribution in [-0.4, -0.2) is 31.3 Å². The summed E-state index contributed by atoms with van der Waals surface area (Å²) in [5.74, 6) is 0.441. The summed E-state index contributed by atoms with van der Waals surface area (Å²) < 4.78 is 38.2. The van der Waals surface area contributed by atoms with Gasteiger partial charge in [-0.1, -0.05) is 6.92 Å². The lowest BCUT2D eigenvalue weighted by Crippen LogP contribution is -2.36. The summed E-state index contributed by atoms with van der Waals surface area (Å²) in [5.41, 5.74) is 2.53. The number of nitrogens with zero attached hydrogens (tertiary/aromatic N) is 2. The van der Waals surface area contributed by atoms with E-state index in [1.807, 2.05) is 19.9 Å². The highest BCUT2D eigenvalue weighted by Crippen LogP contribution is 2.26. The number of aromatic nitrogens is 1. The highest BCUT2D eigenvalue weighted by molar-refractivity contribution is 5.51. The first-order chi connectivity index (χ1) is 9.28. The molecule has 0 radical (unpaired) electrons. The van der Waals surface area contributed by atoms with E-state index in [2.05, 4.69) is 10.3 Å². The maximum absolute atomic E-state index is 12.7. The zero-order valence-electron chi connectivity index (χ0n) is 12.4. The number of rotatable bonds is 6. The third-order valence-corrected chi connectivity index (χ3v) is 2.97. The van der Waals surface area contributed by atoms with E-state index < -0.39 is 12.7 Å².